The van der Waals surface area contributed by atoms with E-state index in [0.717, 1.165) is 16.7 Å². The normalized spacial score (nSPS) is 15.1. The molecule has 3 N–H and O–H groups in total. The van der Waals surface area contributed by atoms with Crippen molar-refractivity contribution in [3.05, 3.63) is 108 Å². The highest BCUT2D eigenvalue weighted by atomic mass is 16.5. The van der Waals surface area contributed by atoms with Gasteiger partial charge in [0.25, 0.3) is 0 Å². The van der Waals surface area contributed by atoms with Crippen molar-refractivity contribution < 1.29 is 28.7 Å². The highest BCUT2D eigenvalue weighted by molar-refractivity contribution is 5.93. The van der Waals surface area contributed by atoms with Crippen molar-refractivity contribution in [2.75, 3.05) is 32.8 Å². The summed E-state index contributed by atoms with van der Waals surface area (Å²) in [7, 11) is 0. The van der Waals surface area contributed by atoms with E-state index in [1.165, 1.54) is 0 Å². The Bertz CT molecular complexity index is 1430. The van der Waals surface area contributed by atoms with Crippen molar-refractivity contribution in [3.8, 4) is 0 Å². The summed E-state index contributed by atoms with van der Waals surface area (Å²) in [6.45, 7) is 6.54. The topological polar surface area (TPSA) is 126 Å². The number of benzene rings is 3. The van der Waals surface area contributed by atoms with Gasteiger partial charge in [-0.3, -0.25) is 19.3 Å². The Morgan fingerprint density at radius 1 is 0.708 bits per heavy atom. The smallest absolute Gasteiger partial charge is 0.329 e. The maximum absolute atomic E-state index is 13.8. The van der Waals surface area contributed by atoms with Gasteiger partial charge in [0.2, 0.25) is 17.7 Å². The minimum absolute atomic E-state index is 0.0531. The molecule has 2 unspecified atom stereocenters. The number of hydrogen-bond acceptors (Lipinski definition) is 7. The highest BCUT2D eigenvalue weighted by Crippen LogP contribution is 2.12. The Morgan fingerprint density at radius 3 is 1.85 bits per heavy atom. The monoisotopic (exact) mass is 656 g/mol. The number of nitrogens with zero attached hydrogens (tertiary/aromatic N) is 1. The molecule has 0 spiro atoms. The molecule has 1 heterocycles. The van der Waals surface area contributed by atoms with Gasteiger partial charge in [-0.2, -0.15) is 0 Å². The number of nitrogens with one attached hydrogen (secondary N) is 3. The summed E-state index contributed by atoms with van der Waals surface area (Å²) in [5.41, 5.74) is 2.72. The van der Waals surface area contributed by atoms with Crippen molar-refractivity contribution in [3.63, 3.8) is 0 Å². The van der Waals surface area contributed by atoms with Crippen LogP contribution in [0.15, 0.2) is 91.0 Å². The summed E-state index contributed by atoms with van der Waals surface area (Å²) in [5, 5.41) is 8.69. The van der Waals surface area contributed by atoms with Gasteiger partial charge < -0.3 is 25.4 Å². The van der Waals surface area contributed by atoms with Gasteiger partial charge >= 0.3 is 5.97 Å². The first-order valence-electron chi connectivity index (χ1n) is 16.8. The summed E-state index contributed by atoms with van der Waals surface area (Å²) in [6.07, 6.45) is 1.47. The maximum Gasteiger partial charge on any atom is 0.329 e. The summed E-state index contributed by atoms with van der Waals surface area (Å²) in [6, 6.07) is 25.7. The third-order valence-corrected chi connectivity index (χ3v) is 8.13. The standard InChI is InChI=1S/C38H48N4O6/c1-28(2)24-33(37(45)41-34(25-30-14-8-4-9-15-30)38(46)48-27-31-16-10-5-11-17-31)40-36(44)32(19-18-29-12-6-3-7-13-29)39-35(43)26-42-20-22-47-23-21-42/h3-17,28,32-34H,18-27H2,1-2H3,(H,39,43)(H,40,44)(H,41,45)/t32?,33?,34-/m0/s1. The molecule has 3 aromatic carbocycles. The Kier molecular flexibility index (Phi) is 14.6. The van der Waals surface area contributed by atoms with Gasteiger partial charge in [0.1, 0.15) is 24.7 Å². The lowest BCUT2D eigenvalue weighted by Crippen LogP contribution is -2.57. The molecule has 0 radical (unpaired) electrons. The molecule has 0 aromatic heterocycles. The van der Waals surface area contributed by atoms with E-state index in [0.29, 0.717) is 45.6 Å². The van der Waals surface area contributed by atoms with Gasteiger partial charge in [0, 0.05) is 19.5 Å². The van der Waals surface area contributed by atoms with Crippen LogP contribution in [0.4, 0.5) is 0 Å². The van der Waals surface area contributed by atoms with Crippen LogP contribution in [-0.2, 0) is 48.1 Å². The van der Waals surface area contributed by atoms with Crippen molar-refractivity contribution in [1.29, 1.82) is 0 Å². The molecule has 0 bridgehead atoms. The van der Waals surface area contributed by atoms with E-state index >= 15 is 0 Å². The van der Waals surface area contributed by atoms with E-state index in [-0.39, 0.29) is 31.4 Å². The van der Waals surface area contributed by atoms with Crippen molar-refractivity contribution in [1.82, 2.24) is 20.9 Å². The molecule has 48 heavy (non-hydrogen) atoms. The maximum atomic E-state index is 13.8. The van der Waals surface area contributed by atoms with E-state index in [1.54, 1.807) is 0 Å². The lowest BCUT2D eigenvalue weighted by atomic mass is 10.00. The molecule has 3 atom stereocenters. The van der Waals surface area contributed by atoms with Crippen LogP contribution < -0.4 is 16.0 Å². The summed E-state index contributed by atoms with van der Waals surface area (Å²) < 4.78 is 11.0. The summed E-state index contributed by atoms with van der Waals surface area (Å²) >= 11 is 0. The number of carbonyl (C=O) groups is 4. The van der Waals surface area contributed by atoms with Gasteiger partial charge in [0.05, 0.1) is 19.8 Å². The molecule has 10 nitrogen and oxygen atoms in total. The number of amides is 3. The fraction of sp³-hybridized carbons (Fsp3) is 0.421. The van der Waals surface area contributed by atoms with Gasteiger partial charge in [-0.15, -0.1) is 0 Å². The molecule has 4 rings (SSSR count). The zero-order chi connectivity index (χ0) is 34.1. The van der Waals surface area contributed by atoms with Crippen molar-refractivity contribution in [2.45, 2.75) is 64.3 Å². The molecule has 1 saturated heterocycles. The first-order valence-corrected chi connectivity index (χ1v) is 16.8. The zero-order valence-corrected chi connectivity index (χ0v) is 27.9. The molecule has 3 aromatic rings. The van der Waals surface area contributed by atoms with Gasteiger partial charge in [0.15, 0.2) is 0 Å². The second-order valence-electron chi connectivity index (χ2n) is 12.6. The fourth-order valence-electron chi connectivity index (χ4n) is 5.55. The van der Waals surface area contributed by atoms with Crippen LogP contribution >= 0.6 is 0 Å². The Hall–Kier alpha value is -4.54. The summed E-state index contributed by atoms with van der Waals surface area (Å²) in [5.74, 6) is -1.72. The molecular weight excluding hydrogens is 608 g/mol. The molecule has 1 aliphatic heterocycles. The predicted octanol–water partition coefficient (Wildman–Crippen LogP) is 3.44. The van der Waals surface area contributed by atoms with Crippen LogP contribution in [-0.4, -0.2) is 79.6 Å². The van der Waals surface area contributed by atoms with Crippen LogP contribution in [0.3, 0.4) is 0 Å². The van der Waals surface area contributed by atoms with E-state index in [2.05, 4.69) is 16.0 Å². The van der Waals surface area contributed by atoms with Crippen LogP contribution in [0, 0.1) is 5.92 Å². The van der Waals surface area contributed by atoms with Crippen molar-refractivity contribution >= 4 is 23.7 Å². The molecule has 3 amide bonds. The van der Waals surface area contributed by atoms with Crippen LogP contribution in [0.2, 0.25) is 0 Å². The zero-order valence-electron chi connectivity index (χ0n) is 27.9. The molecule has 1 aliphatic rings. The van der Waals surface area contributed by atoms with E-state index in [4.69, 9.17) is 9.47 Å². The number of carbonyl (C=O) groups excluding carboxylic acids is 4. The molecule has 256 valence electrons. The average Bonchev–Trinajstić information content (AvgIpc) is 3.10. The minimum Gasteiger partial charge on any atom is -0.459 e. The fourth-order valence-corrected chi connectivity index (χ4v) is 5.55. The first kappa shape index (κ1) is 36.3. The number of hydrogen-bond donors (Lipinski definition) is 3. The van der Waals surface area contributed by atoms with Gasteiger partial charge in [-0.1, -0.05) is 105 Å². The molecular formula is C38H48N4O6. The molecule has 10 heteroatoms. The van der Waals surface area contributed by atoms with E-state index in [9.17, 15) is 19.2 Å². The molecule has 0 saturated carbocycles. The lowest BCUT2D eigenvalue weighted by Gasteiger charge is -2.28. The second kappa shape index (κ2) is 19.3. The lowest BCUT2D eigenvalue weighted by molar-refractivity contribution is -0.149. The van der Waals surface area contributed by atoms with E-state index < -0.39 is 35.9 Å². The average molecular weight is 657 g/mol. The first-order chi connectivity index (χ1) is 23.3. The number of morpholine rings is 1. The number of aryl methyl sites for hydroxylation is 1. The van der Waals surface area contributed by atoms with Crippen LogP contribution in [0.1, 0.15) is 43.4 Å². The minimum atomic E-state index is -0.975. The predicted molar refractivity (Wildman–Crippen MR) is 184 cm³/mol. The van der Waals surface area contributed by atoms with Gasteiger partial charge in [-0.25, -0.2) is 4.79 Å². The second-order valence-corrected chi connectivity index (χ2v) is 12.6. The quantitative estimate of drug-likeness (QED) is 0.190. The Labute approximate surface area is 283 Å². The van der Waals surface area contributed by atoms with Crippen molar-refractivity contribution in [2.24, 2.45) is 5.92 Å². The highest BCUT2D eigenvalue weighted by Gasteiger charge is 2.31. The third kappa shape index (κ3) is 12.6. The van der Waals surface area contributed by atoms with Crippen LogP contribution in [0.25, 0.3) is 0 Å². The molecule has 1 fully saturated rings. The number of ether oxygens (including phenoxy) is 2. The SMILES string of the molecule is CC(C)CC(NC(=O)C(CCc1ccccc1)NC(=O)CN1CCOCC1)C(=O)N[C@@H](Cc1ccccc1)C(=O)OCc1ccccc1. The van der Waals surface area contributed by atoms with Gasteiger partial charge in [-0.05, 0) is 41.9 Å². The largest absolute Gasteiger partial charge is 0.459 e. The van der Waals surface area contributed by atoms with E-state index in [1.807, 2.05) is 110 Å². The summed E-state index contributed by atoms with van der Waals surface area (Å²) in [4.78, 5) is 56.1. The Morgan fingerprint density at radius 2 is 1.25 bits per heavy atom. The van der Waals surface area contributed by atoms with Crippen LogP contribution in [0.5, 0.6) is 0 Å². The number of esters is 1. The Balaban J connectivity index is 1.46. The number of rotatable bonds is 17. The molecule has 0 aliphatic carbocycles. The third-order valence-electron chi connectivity index (χ3n) is 8.13.